The Bertz CT molecular complexity index is 144. The first-order valence-corrected chi connectivity index (χ1v) is 4.39. The molecular weight excluding hydrogens is 138 g/mol. The SMILES string of the molecule is CCO[C@H](C#N)C1CCCC1. The maximum absolute atomic E-state index is 8.74. The standard InChI is InChI=1S/C9H15NO/c1-2-11-9(7-10)8-5-3-4-6-8/h8-9H,2-6H2,1H3/t9-/m1/s1. The fraction of sp³-hybridized carbons (Fsp3) is 0.889. The second kappa shape index (κ2) is 4.35. The Morgan fingerprint density at radius 3 is 2.64 bits per heavy atom. The summed E-state index contributed by atoms with van der Waals surface area (Å²) in [5, 5.41) is 8.74. The average Bonchev–Trinajstić information content (AvgIpc) is 2.52. The number of nitrogens with zero attached hydrogens (tertiary/aromatic N) is 1. The van der Waals surface area contributed by atoms with Crippen LogP contribution in [-0.4, -0.2) is 12.7 Å². The minimum Gasteiger partial charge on any atom is -0.363 e. The van der Waals surface area contributed by atoms with Crippen molar-refractivity contribution in [2.75, 3.05) is 6.61 Å². The molecule has 0 unspecified atom stereocenters. The van der Waals surface area contributed by atoms with Crippen molar-refractivity contribution in [3.05, 3.63) is 0 Å². The number of rotatable bonds is 3. The van der Waals surface area contributed by atoms with Crippen LogP contribution in [0.15, 0.2) is 0 Å². The van der Waals surface area contributed by atoms with Crippen molar-refractivity contribution in [3.63, 3.8) is 0 Å². The first-order chi connectivity index (χ1) is 5.38. The van der Waals surface area contributed by atoms with Crippen LogP contribution < -0.4 is 0 Å². The molecule has 11 heavy (non-hydrogen) atoms. The molecular formula is C9H15NO. The van der Waals surface area contributed by atoms with Gasteiger partial charge in [0, 0.05) is 6.61 Å². The summed E-state index contributed by atoms with van der Waals surface area (Å²) in [5.41, 5.74) is 0. The summed E-state index contributed by atoms with van der Waals surface area (Å²) in [6.45, 7) is 2.61. The Morgan fingerprint density at radius 2 is 2.18 bits per heavy atom. The van der Waals surface area contributed by atoms with Crippen molar-refractivity contribution in [1.82, 2.24) is 0 Å². The molecule has 2 nitrogen and oxygen atoms in total. The Morgan fingerprint density at radius 1 is 1.55 bits per heavy atom. The van der Waals surface area contributed by atoms with E-state index in [2.05, 4.69) is 6.07 Å². The van der Waals surface area contributed by atoms with Gasteiger partial charge in [-0.3, -0.25) is 0 Å². The summed E-state index contributed by atoms with van der Waals surface area (Å²) in [5.74, 6) is 0.514. The molecule has 0 aromatic rings. The van der Waals surface area contributed by atoms with Gasteiger partial charge < -0.3 is 4.74 Å². The molecule has 62 valence electrons. The van der Waals surface area contributed by atoms with Gasteiger partial charge in [-0.05, 0) is 25.7 Å². The van der Waals surface area contributed by atoms with Crippen LogP contribution >= 0.6 is 0 Å². The molecule has 1 aliphatic rings. The molecule has 1 saturated carbocycles. The van der Waals surface area contributed by atoms with E-state index >= 15 is 0 Å². The van der Waals surface area contributed by atoms with Gasteiger partial charge in [0.25, 0.3) is 0 Å². The maximum atomic E-state index is 8.74. The third-order valence-electron chi connectivity index (χ3n) is 2.30. The molecule has 1 fully saturated rings. The first-order valence-electron chi connectivity index (χ1n) is 4.39. The van der Waals surface area contributed by atoms with E-state index in [9.17, 15) is 0 Å². The van der Waals surface area contributed by atoms with Crippen LogP contribution in [0.2, 0.25) is 0 Å². The van der Waals surface area contributed by atoms with Crippen molar-refractivity contribution >= 4 is 0 Å². The lowest BCUT2D eigenvalue weighted by molar-refractivity contribution is 0.0608. The normalized spacial score (nSPS) is 21.5. The fourth-order valence-corrected chi connectivity index (χ4v) is 1.72. The number of nitriles is 1. The van der Waals surface area contributed by atoms with Crippen LogP contribution in [0.4, 0.5) is 0 Å². The lowest BCUT2D eigenvalue weighted by atomic mass is 10.0. The molecule has 0 radical (unpaired) electrons. The molecule has 0 amide bonds. The Labute approximate surface area is 68.2 Å². The van der Waals surface area contributed by atoms with E-state index in [1.54, 1.807) is 0 Å². The monoisotopic (exact) mass is 153 g/mol. The van der Waals surface area contributed by atoms with Crippen LogP contribution in [0.3, 0.4) is 0 Å². The van der Waals surface area contributed by atoms with Gasteiger partial charge in [-0.1, -0.05) is 12.8 Å². The lowest BCUT2D eigenvalue weighted by Gasteiger charge is -2.15. The molecule has 2 heteroatoms. The van der Waals surface area contributed by atoms with E-state index in [0.29, 0.717) is 12.5 Å². The molecule has 0 bridgehead atoms. The zero-order valence-corrected chi connectivity index (χ0v) is 7.05. The van der Waals surface area contributed by atoms with Crippen molar-refractivity contribution < 1.29 is 4.74 Å². The van der Waals surface area contributed by atoms with Crippen LogP contribution in [0.25, 0.3) is 0 Å². The van der Waals surface area contributed by atoms with Crippen LogP contribution in [0, 0.1) is 17.2 Å². The number of hydrogen-bond acceptors (Lipinski definition) is 2. The van der Waals surface area contributed by atoms with Crippen LogP contribution in [0.5, 0.6) is 0 Å². The highest BCUT2D eigenvalue weighted by molar-refractivity contribution is 4.91. The predicted octanol–water partition coefficient (Wildman–Crippen LogP) is 2.11. The predicted molar refractivity (Wildman–Crippen MR) is 43.0 cm³/mol. The third kappa shape index (κ3) is 2.20. The molecule has 0 N–H and O–H groups in total. The van der Waals surface area contributed by atoms with Gasteiger partial charge in [0.1, 0.15) is 6.10 Å². The molecule has 0 spiro atoms. The summed E-state index contributed by atoms with van der Waals surface area (Å²) in [4.78, 5) is 0. The average molecular weight is 153 g/mol. The van der Waals surface area contributed by atoms with Crippen LogP contribution in [0.1, 0.15) is 32.6 Å². The quantitative estimate of drug-likeness (QED) is 0.622. The highest BCUT2D eigenvalue weighted by Gasteiger charge is 2.24. The lowest BCUT2D eigenvalue weighted by Crippen LogP contribution is -2.19. The van der Waals surface area contributed by atoms with Crippen molar-refractivity contribution in [2.24, 2.45) is 5.92 Å². The van der Waals surface area contributed by atoms with Gasteiger partial charge in [-0.15, -0.1) is 0 Å². The zero-order chi connectivity index (χ0) is 8.10. The second-order valence-electron chi connectivity index (χ2n) is 3.05. The van der Waals surface area contributed by atoms with Gasteiger partial charge in [-0.25, -0.2) is 0 Å². The summed E-state index contributed by atoms with van der Waals surface area (Å²) in [6.07, 6.45) is 4.77. The smallest absolute Gasteiger partial charge is 0.146 e. The van der Waals surface area contributed by atoms with E-state index in [0.717, 1.165) is 0 Å². The van der Waals surface area contributed by atoms with E-state index in [1.165, 1.54) is 25.7 Å². The highest BCUT2D eigenvalue weighted by atomic mass is 16.5. The summed E-state index contributed by atoms with van der Waals surface area (Å²) < 4.78 is 5.31. The topological polar surface area (TPSA) is 33.0 Å². The Hall–Kier alpha value is -0.550. The first kappa shape index (κ1) is 8.55. The van der Waals surface area contributed by atoms with Gasteiger partial charge in [-0.2, -0.15) is 5.26 Å². The van der Waals surface area contributed by atoms with E-state index in [4.69, 9.17) is 10.00 Å². The van der Waals surface area contributed by atoms with Gasteiger partial charge in [0.05, 0.1) is 6.07 Å². The largest absolute Gasteiger partial charge is 0.363 e. The van der Waals surface area contributed by atoms with Gasteiger partial charge in [0.2, 0.25) is 0 Å². The summed E-state index contributed by atoms with van der Waals surface area (Å²) in [6, 6.07) is 2.22. The molecule has 0 aliphatic heterocycles. The number of hydrogen-bond donors (Lipinski definition) is 0. The van der Waals surface area contributed by atoms with Gasteiger partial charge in [0.15, 0.2) is 0 Å². The zero-order valence-electron chi connectivity index (χ0n) is 7.05. The summed E-state index contributed by atoms with van der Waals surface area (Å²) in [7, 11) is 0. The number of ether oxygens (including phenoxy) is 1. The highest BCUT2D eigenvalue weighted by Crippen LogP contribution is 2.28. The minimum absolute atomic E-state index is 0.137. The fourth-order valence-electron chi connectivity index (χ4n) is 1.72. The summed E-state index contributed by atoms with van der Waals surface area (Å²) >= 11 is 0. The molecule has 1 atom stereocenters. The van der Waals surface area contributed by atoms with Crippen LogP contribution in [-0.2, 0) is 4.74 Å². The molecule has 0 saturated heterocycles. The third-order valence-corrected chi connectivity index (χ3v) is 2.30. The molecule has 0 heterocycles. The minimum atomic E-state index is -0.137. The van der Waals surface area contributed by atoms with E-state index in [1.807, 2.05) is 6.92 Å². The Balaban J connectivity index is 2.35. The van der Waals surface area contributed by atoms with Crippen molar-refractivity contribution in [1.29, 1.82) is 5.26 Å². The Kier molecular flexibility index (Phi) is 3.38. The molecule has 0 aromatic heterocycles. The molecule has 1 aliphatic carbocycles. The van der Waals surface area contributed by atoms with E-state index < -0.39 is 0 Å². The van der Waals surface area contributed by atoms with Gasteiger partial charge >= 0.3 is 0 Å². The van der Waals surface area contributed by atoms with Crippen molar-refractivity contribution in [3.8, 4) is 6.07 Å². The van der Waals surface area contributed by atoms with Crippen molar-refractivity contribution in [2.45, 2.75) is 38.7 Å². The maximum Gasteiger partial charge on any atom is 0.146 e. The van der Waals surface area contributed by atoms with E-state index in [-0.39, 0.29) is 6.10 Å². The molecule has 0 aromatic carbocycles. The second-order valence-corrected chi connectivity index (χ2v) is 3.05. The molecule has 1 rings (SSSR count).